The molecule has 0 aliphatic carbocycles. The van der Waals surface area contributed by atoms with Gasteiger partial charge in [0.1, 0.15) is 5.25 Å². The Morgan fingerprint density at radius 2 is 2.12 bits per heavy atom. The lowest BCUT2D eigenvalue weighted by Gasteiger charge is -2.13. The van der Waals surface area contributed by atoms with Crippen LogP contribution in [0, 0.1) is 6.92 Å². The Bertz CT molecular complexity index is 543. The molecule has 0 saturated heterocycles. The smallest absolute Gasteiger partial charge is 0.241 e. The van der Waals surface area contributed by atoms with Crippen molar-refractivity contribution in [3.05, 3.63) is 28.8 Å². The second-order valence-electron chi connectivity index (χ2n) is 3.66. The SMILES string of the molecule is Cc1ccc(NS(=O)(=O)C(C)C(N)=S)cc1Cl. The van der Waals surface area contributed by atoms with Gasteiger partial charge in [0.2, 0.25) is 10.0 Å². The Morgan fingerprint density at radius 1 is 1.53 bits per heavy atom. The first-order chi connectivity index (χ1) is 7.74. The van der Waals surface area contributed by atoms with Gasteiger partial charge >= 0.3 is 0 Å². The summed E-state index contributed by atoms with van der Waals surface area (Å²) in [6.07, 6.45) is 0. The number of benzene rings is 1. The fraction of sp³-hybridized carbons (Fsp3) is 0.300. The zero-order chi connectivity index (χ0) is 13.2. The molecule has 94 valence electrons. The van der Waals surface area contributed by atoms with Crippen LogP contribution in [0.15, 0.2) is 18.2 Å². The van der Waals surface area contributed by atoms with Gasteiger partial charge in [-0.05, 0) is 31.5 Å². The highest BCUT2D eigenvalue weighted by atomic mass is 35.5. The largest absolute Gasteiger partial charge is 0.392 e. The molecule has 17 heavy (non-hydrogen) atoms. The summed E-state index contributed by atoms with van der Waals surface area (Å²) in [5, 5.41) is -0.439. The molecule has 1 rings (SSSR count). The number of hydrogen-bond donors (Lipinski definition) is 2. The number of rotatable bonds is 4. The average Bonchev–Trinajstić information content (AvgIpc) is 2.22. The predicted octanol–water partition coefficient (Wildman–Crippen LogP) is 2.06. The third-order valence-electron chi connectivity index (χ3n) is 2.30. The number of hydrogen-bond acceptors (Lipinski definition) is 3. The van der Waals surface area contributed by atoms with Gasteiger partial charge in [-0.3, -0.25) is 4.72 Å². The van der Waals surface area contributed by atoms with E-state index in [1.54, 1.807) is 18.2 Å². The minimum atomic E-state index is -3.62. The van der Waals surface area contributed by atoms with Crippen LogP contribution in [0.2, 0.25) is 5.02 Å². The highest BCUT2D eigenvalue weighted by Crippen LogP contribution is 2.21. The summed E-state index contributed by atoms with van der Waals surface area (Å²) < 4.78 is 26.0. The molecule has 1 aromatic carbocycles. The van der Waals surface area contributed by atoms with Crippen molar-refractivity contribution in [2.75, 3.05) is 4.72 Å². The van der Waals surface area contributed by atoms with Crippen LogP contribution in [0.3, 0.4) is 0 Å². The molecule has 0 amide bonds. The predicted molar refractivity (Wildman–Crippen MR) is 75.0 cm³/mol. The third kappa shape index (κ3) is 3.55. The fourth-order valence-corrected chi connectivity index (χ4v) is 2.56. The molecule has 7 heteroatoms. The van der Waals surface area contributed by atoms with Crippen molar-refractivity contribution < 1.29 is 8.42 Å². The van der Waals surface area contributed by atoms with Gasteiger partial charge < -0.3 is 5.73 Å². The van der Waals surface area contributed by atoms with Gasteiger partial charge in [0.25, 0.3) is 0 Å². The molecule has 0 fully saturated rings. The first-order valence-corrected chi connectivity index (χ1v) is 7.14. The first-order valence-electron chi connectivity index (χ1n) is 4.81. The number of halogens is 1. The van der Waals surface area contributed by atoms with Crippen molar-refractivity contribution >= 4 is 44.5 Å². The zero-order valence-corrected chi connectivity index (χ0v) is 11.8. The highest BCUT2D eigenvalue weighted by Gasteiger charge is 2.23. The fourth-order valence-electron chi connectivity index (χ4n) is 1.06. The van der Waals surface area contributed by atoms with Crippen molar-refractivity contribution in [2.45, 2.75) is 19.1 Å². The molecule has 4 nitrogen and oxygen atoms in total. The van der Waals surface area contributed by atoms with Gasteiger partial charge in [0.15, 0.2) is 0 Å². The van der Waals surface area contributed by atoms with Crippen molar-refractivity contribution in [3.63, 3.8) is 0 Å². The first kappa shape index (κ1) is 14.2. The zero-order valence-electron chi connectivity index (χ0n) is 9.40. The van der Waals surface area contributed by atoms with Gasteiger partial charge in [-0.1, -0.05) is 29.9 Å². The second-order valence-corrected chi connectivity index (χ2v) is 6.54. The topological polar surface area (TPSA) is 72.2 Å². The molecule has 0 heterocycles. The van der Waals surface area contributed by atoms with Crippen molar-refractivity contribution in [1.29, 1.82) is 0 Å². The van der Waals surface area contributed by atoms with E-state index in [4.69, 9.17) is 17.3 Å². The highest BCUT2D eigenvalue weighted by molar-refractivity contribution is 7.95. The molecule has 0 aromatic heterocycles. The summed E-state index contributed by atoms with van der Waals surface area (Å²) in [6.45, 7) is 3.26. The molecule has 1 atom stereocenters. The van der Waals surface area contributed by atoms with E-state index in [0.29, 0.717) is 10.7 Å². The number of anilines is 1. The van der Waals surface area contributed by atoms with Gasteiger partial charge in [-0.15, -0.1) is 0 Å². The van der Waals surface area contributed by atoms with E-state index in [-0.39, 0.29) is 4.99 Å². The molecule has 1 unspecified atom stereocenters. The van der Waals surface area contributed by atoms with Crippen LogP contribution < -0.4 is 10.5 Å². The van der Waals surface area contributed by atoms with Crippen molar-refractivity contribution in [1.82, 2.24) is 0 Å². The van der Waals surface area contributed by atoms with Crippen LogP contribution in [0.25, 0.3) is 0 Å². The lowest BCUT2D eigenvalue weighted by molar-refractivity contribution is 0.598. The van der Waals surface area contributed by atoms with Gasteiger partial charge in [-0.2, -0.15) is 0 Å². The Hall–Kier alpha value is -0.850. The lowest BCUT2D eigenvalue weighted by Crippen LogP contribution is -2.35. The van der Waals surface area contributed by atoms with Crippen LogP contribution in [0.4, 0.5) is 5.69 Å². The van der Waals surface area contributed by atoms with E-state index in [1.165, 1.54) is 6.92 Å². The van der Waals surface area contributed by atoms with Crippen molar-refractivity contribution in [3.8, 4) is 0 Å². The van der Waals surface area contributed by atoms with Crippen LogP contribution in [0.5, 0.6) is 0 Å². The van der Waals surface area contributed by atoms with E-state index in [2.05, 4.69) is 16.9 Å². The van der Waals surface area contributed by atoms with Crippen LogP contribution >= 0.6 is 23.8 Å². The van der Waals surface area contributed by atoms with Crippen LogP contribution in [-0.4, -0.2) is 18.7 Å². The van der Waals surface area contributed by atoms with Crippen LogP contribution in [0.1, 0.15) is 12.5 Å². The summed E-state index contributed by atoms with van der Waals surface area (Å²) in [7, 11) is -3.62. The van der Waals surface area contributed by atoms with Gasteiger partial charge in [-0.25, -0.2) is 8.42 Å². The Balaban J connectivity index is 2.98. The third-order valence-corrected chi connectivity index (χ3v) is 4.91. The van der Waals surface area contributed by atoms with E-state index in [0.717, 1.165) is 5.56 Å². The molecule has 0 bridgehead atoms. The van der Waals surface area contributed by atoms with Gasteiger partial charge in [0, 0.05) is 10.7 Å². The maximum atomic E-state index is 11.8. The van der Waals surface area contributed by atoms with E-state index in [9.17, 15) is 8.42 Å². The quantitative estimate of drug-likeness (QED) is 0.833. The summed E-state index contributed by atoms with van der Waals surface area (Å²) >= 11 is 10.6. The number of nitrogens with two attached hydrogens (primary N) is 1. The minimum Gasteiger partial charge on any atom is -0.392 e. The molecule has 3 N–H and O–H groups in total. The average molecular weight is 293 g/mol. The molecular weight excluding hydrogens is 280 g/mol. The summed E-state index contributed by atoms with van der Waals surface area (Å²) in [6, 6.07) is 4.90. The summed E-state index contributed by atoms with van der Waals surface area (Å²) in [5.74, 6) is 0. The van der Waals surface area contributed by atoms with Gasteiger partial charge in [0.05, 0.1) is 4.99 Å². The normalized spacial score (nSPS) is 13.1. The lowest BCUT2D eigenvalue weighted by atomic mass is 10.2. The molecule has 0 radical (unpaired) electrons. The maximum absolute atomic E-state index is 11.8. The van der Waals surface area contributed by atoms with Crippen LogP contribution in [-0.2, 0) is 10.0 Å². The molecular formula is C10H13ClN2O2S2. The number of aryl methyl sites for hydroxylation is 1. The molecule has 1 aromatic rings. The molecule has 0 saturated carbocycles. The Labute approximate surface area is 111 Å². The van der Waals surface area contributed by atoms with E-state index in [1.807, 2.05) is 6.92 Å². The van der Waals surface area contributed by atoms with Crippen molar-refractivity contribution in [2.24, 2.45) is 5.73 Å². The molecule has 0 aliphatic rings. The molecule has 0 spiro atoms. The summed E-state index contributed by atoms with van der Waals surface area (Å²) in [4.78, 5) is -0.0734. The number of sulfonamides is 1. The molecule has 0 aliphatic heterocycles. The monoisotopic (exact) mass is 292 g/mol. The van der Waals surface area contributed by atoms with E-state index >= 15 is 0 Å². The second kappa shape index (κ2) is 5.20. The van der Waals surface area contributed by atoms with E-state index < -0.39 is 15.3 Å². The Kier molecular flexibility index (Phi) is 4.35. The number of nitrogens with one attached hydrogen (secondary N) is 1. The summed E-state index contributed by atoms with van der Waals surface area (Å²) in [5.41, 5.74) is 6.58. The maximum Gasteiger partial charge on any atom is 0.241 e. The standard InChI is InChI=1S/C10H13ClN2O2S2/c1-6-3-4-8(5-9(6)11)13-17(14,15)7(2)10(12)16/h3-5,7,13H,1-2H3,(H2,12,16). The Morgan fingerprint density at radius 3 is 2.59 bits per heavy atom. The minimum absolute atomic E-state index is 0.0734. The number of thiocarbonyl (C=S) groups is 1.